The van der Waals surface area contributed by atoms with E-state index in [-0.39, 0.29) is 17.9 Å². The molecule has 0 aromatic heterocycles. The zero-order valence-corrected chi connectivity index (χ0v) is 22.7. The number of nitrogens with zero attached hydrogens (tertiary/aromatic N) is 1. The largest absolute Gasteiger partial charge is 0.348 e. The van der Waals surface area contributed by atoms with E-state index in [1.807, 2.05) is 71.6 Å². The van der Waals surface area contributed by atoms with Crippen molar-refractivity contribution in [3.8, 4) is 0 Å². The first kappa shape index (κ1) is 25.9. The van der Waals surface area contributed by atoms with Gasteiger partial charge in [0.15, 0.2) is 0 Å². The Morgan fingerprint density at radius 3 is 2.57 bits per heavy atom. The summed E-state index contributed by atoms with van der Waals surface area (Å²) in [5.41, 5.74) is 3.38. The lowest BCUT2D eigenvalue weighted by Gasteiger charge is -2.44. The molecule has 2 fully saturated rings. The molecule has 2 amide bonds. The number of fused-ring (bicyclic) bond motifs is 1. The molecule has 0 bridgehead atoms. The third-order valence-electron chi connectivity index (χ3n) is 6.93. The molecule has 5 rings (SSSR count). The van der Waals surface area contributed by atoms with Gasteiger partial charge in [0.2, 0.25) is 0 Å². The Hall–Kier alpha value is -2.73. The van der Waals surface area contributed by atoms with E-state index in [9.17, 15) is 9.59 Å². The lowest BCUT2D eigenvalue weighted by molar-refractivity contribution is -0.130. The summed E-state index contributed by atoms with van der Waals surface area (Å²) in [4.78, 5) is 29.0. The van der Waals surface area contributed by atoms with Crippen LogP contribution in [0.3, 0.4) is 0 Å². The Balaban J connectivity index is 1.31. The highest BCUT2D eigenvalue weighted by molar-refractivity contribution is 8.04. The predicted molar refractivity (Wildman–Crippen MR) is 153 cm³/mol. The van der Waals surface area contributed by atoms with Gasteiger partial charge in [-0.3, -0.25) is 9.59 Å². The fourth-order valence-corrected chi connectivity index (χ4v) is 6.88. The van der Waals surface area contributed by atoms with Crippen molar-refractivity contribution >= 4 is 52.9 Å². The van der Waals surface area contributed by atoms with Crippen LogP contribution < -0.4 is 5.32 Å². The lowest BCUT2D eigenvalue weighted by atomic mass is 9.92. The Kier molecular flexibility index (Phi) is 8.23. The van der Waals surface area contributed by atoms with Gasteiger partial charge in [-0.2, -0.15) is 0 Å². The zero-order valence-electron chi connectivity index (χ0n) is 20.3. The fraction of sp³-hybridized carbons (Fsp3) is 0.267. The highest BCUT2D eigenvalue weighted by atomic mass is 35.5. The molecule has 4 nitrogen and oxygen atoms in total. The standard InChI is InChI=1S/C30H28Cl2N2O2S/c31-24-8-5-6-21(16-24)19-34-26-10-3-4-11-27(26)37-28(30(34)36)17-20-12-14-22(15-13-20)29(35)33-18-23-7-1-2-9-25(23)32/h1-2,5-9,12-17,26-27H,3-4,10-11,18-19H2,(H,33,35)/b28-17+. The maximum Gasteiger partial charge on any atom is 0.260 e. The van der Waals surface area contributed by atoms with Crippen molar-refractivity contribution in [3.63, 3.8) is 0 Å². The van der Waals surface area contributed by atoms with Crippen molar-refractivity contribution in [2.75, 3.05) is 0 Å². The molecule has 190 valence electrons. The SMILES string of the molecule is O=C(NCc1ccccc1Cl)c1ccc(/C=C2/SC3CCCCC3N(Cc3cccc(Cl)c3)C2=O)cc1. The van der Waals surface area contributed by atoms with Crippen molar-refractivity contribution < 1.29 is 9.59 Å². The number of hydrogen-bond acceptors (Lipinski definition) is 3. The molecular formula is C30H28Cl2N2O2S. The minimum atomic E-state index is -0.167. The Labute approximate surface area is 232 Å². The highest BCUT2D eigenvalue weighted by Gasteiger charge is 2.40. The van der Waals surface area contributed by atoms with Crippen molar-refractivity contribution in [1.82, 2.24) is 10.2 Å². The van der Waals surface area contributed by atoms with Crippen LogP contribution in [0.2, 0.25) is 10.0 Å². The molecule has 1 aliphatic heterocycles. The second-order valence-corrected chi connectivity index (χ2v) is 11.6. The summed E-state index contributed by atoms with van der Waals surface area (Å²) in [6.45, 7) is 0.920. The van der Waals surface area contributed by atoms with Crippen molar-refractivity contribution in [2.24, 2.45) is 0 Å². The van der Waals surface area contributed by atoms with Crippen LogP contribution in [-0.4, -0.2) is 28.0 Å². The third-order valence-corrected chi connectivity index (χ3v) is 8.93. The average molecular weight is 552 g/mol. The minimum Gasteiger partial charge on any atom is -0.348 e. The van der Waals surface area contributed by atoms with Gasteiger partial charge in [0.05, 0.1) is 4.91 Å². The van der Waals surface area contributed by atoms with Crippen molar-refractivity contribution in [1.29, 1.82) is 0 Å². The normalized spacial score (nSPS) is 20.5. The smallest absolute Gasteiger partial charge is 0.260 e. The monoisotopic (exact) mass is 550 g/mol. The summed E-state index contributed by atoms with van der Waals surface area (Å²) in [5.74, 6) is -0.102. The summed E-state index contributed by atoms with van der Waals surface area (Å²) < 4.78 is 0. The first-order valence-electron chi connectivity index (χ1n) is 12.5. The molecule has 3 aromatic carbocycles. The van der Waals surface area contributed by atoms with E-state index in [1.54, 1.807) is 23.9 Å². The number of rotatable bonds is 6. The number of hydrogen-bond donors (Lipinski definition) is 1. The summed E-state index contributed by atoms with van der Waals surface area (Å²) >= 11 is 14.1. The first-order valence-corrected chi connectivity index (χ1v) is 14.2. The second kappa shape index (κ2) is 11.8. The molecule has 0 radical (unpaired) electrons. The van der Waals surface area contributed by atoms with Gasteiger partial charge in [-0.1, -0.05) is 78.5 Å². The zero-order chi connectivity index (χ0) is 25.8. The molecule has 1 aliphatic carbocycles. The molecule has 2 atom stereocenters. The number of thioether (sulfide) groups is 1. The molecule has 0 spiro atoms. The molecule has 2 unspecified atom stereocenters. The van der Waals surface area contributed by atoms with E-state index in [4.69, 9.17) is 23.2 Å². The quantitative estimate of drug-likeness (QED) is 0.326. The van der Waals surface area contributed by atoms with Crippen molar-refractivity contribution in [3.05, 3.63) is 110 Å². The predicted octanol–water partition coefficient (Wildman–Crippen LogP) is 7.35. The van der Waals surface area contributed by atoms with E-state index < -0.39 is 0 Å². The van der Waals surface area contributed by atoms with E-state index >= 15 is 0 Å². The van der Waals surface area contributed by atoms with Crippen LogP contribution >= 0.6 is 35.0 Å². The van der Waals surface area contributed by atoms with Gasteiger partial charge in [-0.25, -0.2) is 0 Å². The molecular weight excluding hydrogens is 523 g/mol. The van der Waals surface area contributed by atoms with E-state index in [0.29, 0.717) is 33.9 Å². The summed E-state index contributed by atoms with van der Waals surface area (Å²) in [7, 11) is 0. The second-order valence-electron chi connectivity index (χ2n) is 9.48. The van der Waals surface area contributed by atoms with Crippen LogP contribution in [0, 0.1) is 0 Å². The fourth-order valence-electron chi connectivity index (χ4n) is 5.00. The number of amides is 2. The average Bonchev–Trinajstić information content (AvgIpc) is 2.91. The van der Waals surface area contributed by atoms with Crippen LogP contribution in [-0.2, 0) is 17.9 Å². The maximum absolute atomic E-state index is 13.6. The van der Waals surface area contributed by atoms with Gasteiger partial charge in [-0.05, 0) is 65.9 Å². The first-order chi connectivity index (χ1) is 18.0. The van der Waals surface area contributed by atoms with Crippen LogP contribution in [0.15, 0.2) is 77.7 Å². The van der Waals surface area contributed by atoms with Gasteiger partial charge < -0.3 is 10.2 Å². The molecule has 7 heteroatoms. The highest BCUT2D eigenvalue weighted by Crippen LogP contribution is 2.42. The minimum absolute atomic E-state index is 0.0645. The van der Waals surface area contributed by atoms with Gasteiger partial charge in [-0.15, -0.1) is 11.8 Å². The van der Waals surface area contributed by atoms with Crippen molar-refractivity contribution in [2.45, 2.75) is 50.1 Å². The molecule has 1 saturated heterocycles. The number of carbonyl (C=O) groups is 2. The van der Waals surface area contributed by atoms with Crippen LogP contribution in [0.25, 0.3) is 6.08 Å². The Morgan fingerprint density at radius 1 is 1.00 bits per heavy atom. The van der Waals surface area contributed by atoms with Crippen LogP contribution in [0.1, 0.15) is 52.7 Å². The summed E-state index contributed by atoms with van der Waals surface area (Å²) in [5, 5.41) is 4.62. The Bertz CT molecular complexity index is 1330. The number of carbonyl (C=O) groups excluding carboxylic acids is 2. The molecule has 37 heavy (non-hydrogen) atoms. The Morgan fingerprint density at radius 2 is 1.78 bits per heavy atom. The number of halogens is 2. The van der Waals surface area contributed by atoms with Gasteiger partial charge in [0, 0.05) is 40.0 Å². The number of nitrogens with one attached hydrogen (secondary N) is 1. The third kappa shape index (κ3) is 6.23. The molecule has 1 saturated carbocycles. The molecule has 1 heterocycles. The molecule has 2 aliphatic rings. The van der Waals surface area contributed by atoms with Gasteiger partial charge in [0.25, 0.3) is 11.8 Å². The van der Waals surface area contributed by atoms with Crippen LogP contribution in [0.5, 0.6) is 0 Å². The van der Waals surface area contributed by atoms with Crippen LogP contribution in [0.4, 0.5) is 0 Å². The maximum atomic E-state index is 13.6. The van der Waals surface area contributed by atoms with Gasteiger partial charge in [0.1, 0.15) is 0 Å². The molecule has 3 aromatic rings. The van der Waals surface area contributed by atoms with Gasteiger partial charge >= 0.3 is 0 Å². The van der Waals surface area contributed by atoms with E-state index in [2.05, 4.69) is 5.32 Å². The summed E-state index contributed by atoms with van der Waals surface area (Å²) in [6, 6.07) is 22.8. The number of benzene rings is 3. The summed E-state index contributed by atoms with van der Waals surface area (Å²) in [6.07, 6.45) is 6.44. The van der Waals surface area contributed by atoms with E-state index in [1.165, 1.54) is 6.42 Å². The van der Waals surface area contributed by atoms with E-state index in [0.717, 1.165) is 40.9 Å². The topological polar surface area (TPSA) is 49.4 Å². The lowest BCUT2D eigenvalue weighted by Crippen LogP contribution is -2.50. The molecule has 1 N–H and O–H groups in total.